The van der Waals surface area contributed by atoms with Gasteiger partial charge in [0.2, 0.25) is 5.82 Å². The molecule has 1 heterocycles. The lowest BCUT2D eigenvalue weighted by molar-refractivity contribution is 0.0983. The third-order valence-corrected chi connectivity index (χ3v) is 4.21. The van der Waals surface area contributed by atoms with Crippen molar-refractivity contribution in [2.24, 2.45) is 0 Å². The SMILES string of the molecule is CN(C(=O)c1nc(C2CC2)n(-c2ccccc2)n1)c1ccccc1. The van der Waals surface area contributed by atoms with E-state index >= 15 is 0 Å². The van der Waals surface area contributed by atoms with Gasteiger partial charge in [0.05, 0.1) is 5.69 Å². The highest BCUT2D eigenvalue weighted by atomic mass is 16.2. The number of benzene rings is 2. The molecule has 5 nitrogen and oxygen atoms in total. The zero-order valence-electron chi connectivity index (χ0n) is 13.5. The molecule has 2 aromatic carbocycles. The molecule has 0 radical (unpaired) electrons. The Balaban J connectivity index is 1.70. The number of carbonyl (C=O) groups is 1. The fourth-order valence-corrected chi connectivity index (χ4v) is 2.70. The number of nitrogens with zero attached hydrogens (tertiary/aromatic N) is 4. The van der Waals surface area contributed by atoms with Gasteiger partial charge in [0.1, 0.15) is 5.82 Å². The van der Waals surface area contributed by atoms with E-state index in [4.69, 9.17) is 0 Å². The van der Waals surface area contributed by atoms with Crippen LogP contribution in [0.15, 0.2) is 60.7 Å². The summed E-state index contributed by atoms with van der Waals surface area (Å²) in [6, 6.07) is 19.4. The molecule has 1 saturated carbocycles. The number of hydrogen-bond acceptors (Lipinski definition) is 3. The molecule has 0 bridgehead atoms. The van der Waals surface area contributed by atoms with E-state index in [1.807, 2.05) is 65.3 Å². The normalized spacial score (nSPS) is 13.7. The molecule has 0 N–H and O–H groups in total. The van der Waals surface area contributed by atoms with Crippen molar-refractivity contribution in [2.45, 2.75) is 18.8 Å². The highest BCUT2D eigenvalue weighted by Gasteiger charge is 2.32. The van der Waals surface area contributed by atoms with Crippen LogP contribution in [0.3, 0.4) is 0 Å². The molecule has 0 unspecified atom stereocenters. The van der Waals surface area contributed by atoms with Gasteiger partial charge in [-0.25, -0.2) is 9.67 Å². The summed E-state index contributed by atoms with van der Waals surface area (Å²) >= 11 is 0. The number of aromatic nitrogens is 3. The summed E-state index contributed by atoms with van der Waals surface area (Å²) in [6.07, 6.45) is 2.21. The van der Waals surface area contributed by atoms with Gasteiger partial charge in [-0.3, -0.25) is 4.79 Å². The van der Waals surface area contributed by atoms with Gasteiger partial charge in [-0.05, 0) is 37.1 Å². The number of amides is 1. The van der Waals surface area contributed by atoms with E-state index in [2.05, 4.69) is 10.1 Å². The highest BCUT2D eigenvalue weighted by Crippen LogP contribution is 2.39. The Kier molecular flexibility index (Phi) is 3.61. The summed E-state index contributed by atoms with van der Waals surface area (Å²) in [5.74, 6) is 1.33. The second kappa shape index (κ2) is 5.92. The lowest BCUT2D eigenvalue weighted by Gasteiger charge is -2.14. The van der Waals surface area contributed by atoms with Crippen molar-refractivity contribution in [3.63, 3.8) is 0 Å². The van der Waals surface area contributed by atoms with Crippen molar-refractivity contribution in [2.75, 3.05) is 11.9 Å². The zero-order valence-corrected chi connectivity index (χ0v) is 13.5. The number of hydrogen-bond donors (Lipinski definition) is 0. The predicted octanol–water partition coefficient (Wildman–Crippen LogP) is 3.42. The lowest BCUT2D eigenvalue weighted by atomic mass is 10.3. The van der Waals surface area contributed by atoms with Crippen LogP contribution in [0.5, 0.6) is 0 Å². The van der Waals surface area contributed by atoms with Gasteiger partial charge in [-0.15, -0.1) is 5.10 Å². The lowest BCUT2D eigenvalue weighted by Crippen LogP contribution is -2.27. The van der Waals surface area contributed by atoms with Gasteiger partial charge in [-0.2, -0.15) is 0 Å². The van der Waals surface area contributed by atoms with E-state index in [0.717, 1.165) is 30.0 Å². The fourth-order valence-electron chi connectivity index (χ4n) is 2.70. The number of anilines is 1. The van der Waals surface area contributed by atoms with E-state index in [9.17, 15) is 4.79 Å². The first-order valence-corrected chi connectivity index (χ1v) is 8.09. The van der Waals surface area contributed by atoms with E-state index in [1.165, 1.54) is 0 Å². The monoisotopic (exact) mass is 318 g/mol. The molecule has 1 fully saturated rings. The molecule has 24 heavy (non-hydrogen) atoms. The summed E-state index contributed by atoms with van der Waals surface area (Å²) < 4.78 is 1.81. The van der Waals surface area contributed by atoms with E-state index in [-0.39, 0.29) is 11.7 Å². The quantitative estimate of drug-likeness (QED) is 0.740. The van der Waals surface area contributed by atoms with Crippen LogP contribution < -0.4 is 4.90 Å². The van der Waals surface area contributed by atoms with Crippen LogP contribution in [0.25, 0.3) is 5.69 Å². The van der Waals surface area contributed by atoms with Crippen molar-refractivity contribution < 1.29 is 4.79 Å². The van der Waals surface area contributed by atoms with Crippen molar-refractivity contribution in [3.05, 3.63) is 72.3 Å². The van der Waals surface area contributed by atoms with Crippen molar-refractivity contribution >= 4 is 11.6 Å². The first-order valence-electron chi connectivity index (χ1n) is 8.09. The molecule has 0 spiro atoms. The van der Waals surface area contributed by atoms with Gasteiger partial charge in [0, 0.05) is 18.7 Å². The van der Waals surface area contributed by atoms with Gasteiger partial charge in [0.15, 0.2) is 0 Å². The summed E-state index contributed by atoms with van der Waals surface area (Å²) in [6.45, 7) is 0. The maximum absolute atomic E-state index is 12.8. The summed E-state index contributed by atoms with van der Waals surface area (Å²) in [5.41, 5.74) is 1.76. The summed E-state index contributed by atoms with van der Waals surface area (Å²) in [5, 5.41) is 4.50. The zero-order chi connectivity index (χ0) is 16.5. The number of para-hydroxylation sites is 2. The molecule has 1 aliphatic rings. The molecule has 4 rings (SSSR count). The first kappa shape index (κ1) is 14.6. The second-order valence-electron chi connectivity index (χ2n) is 6.01. The van der Waals surface area contributed by atoms with Crippen LogP contribution in [0.4, 0.5) is 5.69 Å². The molecule has 1 aliphatic carbocycles. The molecule has 0 aliphatic heterocycles. The third kappa shape index (κ3) is 2.69. The van der Waals surface area contributed by atoms with Crippen LogP contribution in [0, 0.1) is 0 Å². The van der Waals surface area contributed by atoms with Gasteiger partial charge >= 0.3 is 0 Å². The molecule has 1 amide bonds. The Morgan fingerprint density at radius 3 is 2.29 bits per heavy atom. The number of rotatable bonds is 4. The van der Waals surface area contributed by atoms with E-state index < -0.39 is 0 Å². The van der Waals surface area contributed by atoms with Crippen molar-refractivity contribution in [1.82, 2.24) is 14.8 Å². The minimum absolute atomic E-state index is 0.196. The standard InChI is InChI=1S/C19H18N4O/c1-22(15-8-4-2-5-9-15)19(24)17-20-18(14-12-13-14)23(21-17)16-10-6-3-7-11-16/h2-11,14H,12-13H2,1H3. The smallest absolute Gasteiger partial charge is 0.297 e. The Bertz CT molecular complexity index is 854. The van der Waals surface area contributed by atoms with E-state index in [0.29, 0.717) is 5.92 Å². The molecule has 1 aromatic heterocycles. The fraction of sp³-hybridized carbons (Fsp3) is 0.211. The second-order valence-corrected chi connectivity index (χ2v) is 6.01. The largest absolute Gasteiger partial charge is 0.309 e. The highest BCUT2D eigenvalue weighted by molar-refractivity contribution is 6.03. The van der Waals surface area contributed by atoms with Crippen LogP contribution >= 0.6 is 0 Å². The Labute approximate surface area is 140 Å². The minimum atomic E-state index is -0.196. The molecule has 5 heteroatoms. The Hall–Kier alpha value is -2.95. The average molecular weight is 318 g/mol. The molecule has 0 atom stereocenters. The van der Waals surface area contributed by atoms with Crippen LogP contribution in [-0.4, -0.2) is 27.7 Å². The molecule has 0 saturated heterocycles. The first-order chi connectivity index (χ1) is 11.7. The van der Waals surface area contributed by atoms with Crippen LogP contribution in [0.1, 0.15) is 35.2 Å². The predicted molar refractivity (Wildman–Crippen MR) is 92.5 cm³/mol. The average Bonchev–Trinajstić information content (AvgIpc) is 3.40. The summed E-state index contributed by atoms with van der Waals surface area (Å²) in [4.78, 5) is 18.9. The van der Waals surface area contributed by atoms with Gasteiger partial charge < -0.3 is 4.90 Å². The summed E-state index contributed by atoms with van der Waals surface area (Å²) in [7, 11) is 1.75. The number of carbonyl (C=O) groups excluding carboxylic acids is 1. The van der Waals surface area contributed by atoms with Crippen LogP contribution in [0.2, 0.25) is 0 Å². The topological polar surface area (TPSA) is 51.0 Å². The third-order valence-electron chi connectivity index (χ3n) is 4.21. The van der Waals surface area contributed by atoms with Crippen molar-refractivity contribution in [1.29, 1.82) is 0 Å². The van der Waals surface area contributed by atoms with Crippen molar-refractivity contribution in [3.8, 4) is 5.69 Å². The Morgan fingerprint density at radius 2 is 1.67 bits per heavy atom. The minimum Gasteiger partial charge on any atom is -0.309 e. The van der Waals surface area contributed by atoms with Gasteiger partial charge in [0.25, 0.3) is 5.91 Å². The van der Waals surface area contributed by atoms with E-state index in [1.54, 1.807) is 11.9 Å². The Morgan fingerprint density at radius 1 is 1.04 bits per heavy atom. The van der Waals surface area contributed by atoms with Crippen LogP contribution in [-0.2, 0) is 0 Å². The molecule has 120 valence electrons. The molecule has 3 aromatic rings. The van der Waals surface area contributed by atoms with Gasteiger partial charge in [-0.1, -0.05) is 36.4 Å². The maximum Gasteiger partial charge on any atom is 0.297 e. The molecular formula is C19H18N4O. The maximum atomic E-state index is 12.8. The molecular weight excluding hydrogens is 300 g/mol.